The molecule has 6 heteroatoms. The minimum atomic E-state index is 0.226. The number of rotatable bonds is 5. The van der Waals surface area contributed by atoms with Crippen molar-refractivity contribution in [1.29, 1.82) is 0 Å². The maximum Gasteiger partial charge on any atom is 0.196 e. The maximum atomic E-state index is 5.47. The predicted molar refractivity (Wildman–Crippen MR) is 88.0 cm³/mol. The van der Waals surface area contributed by atoms with Gasteiger partial charge in [-0.05, 0) is 42.2 Å². The Bertz CT molecular complexity index is 744. The van der Waals surface area contributed by atoms with Gasteiger partial charge in [-0.25, -0.2) is 0 Å². The fraction of sp³-hybridized carbons (Fsp3) is 0.267. The molecule has 4 nitrogen and oxygen atoms in total. The van der Waals surface area contributed by atoms with Gasteiger partial charge >= 0.3 is 0 Å². The number of pyridine rings is 1. The fourth-order valence-electron chi connectivity index (χ4n) is 2.45. The van der Waals surface area contributed by atoms with E-state index in [4.69, 9.17) is 12.2 Å². The average molecular weight is 316 g/mol. The monoisotopic (exact) mass is 316 g/mol. The molecule has 3 aromatic heterocycles. The summed E-state index contributed by atoms with van der Waals surface area (Å²) >= 11 is 7.23. The number of aromatic nitrogens is 4. The fourth-order valence-corrected chi connectivity index (χ4v) is 3.56. The Morgan fingerprint density at radius 2 is 2.14 bits per heavy atom. The minimum Gasteiger partial charge on any atom is -0.292 e. The quantitative estimate of drug-likeness (QED) is 0.707. The number of nitrogens with zero attached hydrogens (tertiary/aromatic N) is 3. The van der Waals surface area contributed by atoms with Crippen molar-refractivity contribution in [2.45, 2.75) is 25.8 Å². The van der Waals surface area contributed by atoms with E-state index in [0.717, 1.165) is 24.2 Å². The molecule has 0 amide bonds. The van der Waals surface area contributed by atoms with E-state index in [1.165, 1.54) is 4.88 Å². The number of thiophene rings is 1. The topological polar surface area (TPSA) is 46.5 Å². The van der Waals surface area contributed by atoms with Crippen molar-refractivity contribution in [3.8, 4) is 11.4 Å². The van der Waals surface area contributed by atoms with Crippen LogP contribution in [-0.2, 0) is 0 Å². The van der Waals surface area contributed by atoms with Crippen molar-refractivity contribution < 1.29 is 0 Å². The lowest BCUT2D eigenvalue weighted by molar-refractivity contribution is 0.539. The summed E-state index contributed by atoms with van der Waals surface area (Å²) < 4.78 is 2.79. The van der Waals surface area contributed by atoms with Crippen LogP contribution in [0.2, 0.25) is 0 Å². The van der Waals surface area contributed by atoms with Crippen LogP contribution in [0.25, 0.3) is 11.4 Å². The summed E-state index contributed by atoms with van der Waals surface area (Å²) in [6.07, 6.45) is 5.67. The second kappa shape index (κ2) is 6.32. The van der Waals surface area contributed by atoms with E-state index in [9.17, 15) is 0 Å². The summed E-state index contributed by atoms with van der Waals surface area (Å²) in [5, 5.41) is 9.46. The van der Waals surface area contributed by atoms with Gasteiger partial charge in [0.25, 0.3) is 0 Å². The number of H-pyrrole nitrogens is 1. The van der Waals surface area contributed by atoms with Crippen molar-refractivity contribution in [2.24, 2.45) is 0 Å². The van der Waals surface area contributed by atoms with Crippen LogP contribution in [0.4, 0.5) is 0 Å². The van der Waals surface area contributed by atoms with E-state index in [2.05, 4.69) is 44.2 Å². The number of hydrogen-bond acceptors (Lipinski definition) is 4. The van der Waals surface area contributed by atoms with Crippen molar-refractivity contribution >= 4 is 23.6 Å². The third kappa shape index (κ3) is 2.82. The molecule has 3 heterocycles. The van der Waals surface area contributed by atoms with Gasteiger partial charge in [-0.3, -0.25) is 14.6 Å². The van der Waals surface area contributed by atoms with Gasteiger partial charge in [0, 0.05) is 22.8 Å². The Morgan fingerprint density at radius 1 is 1.33 bits per heavy atom. The van der Waals surface area contributed by atoms with Crippen LogP contribution in [0.15, 0.2) is 42.0 Å². The van der Waals surface area contributed by atoms with E-state index in [1.807, 2.05) is 12.1 Å². The Morgan fingerprint density at radius 3 is 2.81 bits per heavy atom. The van der Waals surface area contributed by atoms with Crippen LogP contribution in [0, 0.1) is 4.77 Å². The molecular weight excluding hydrogens is 300 g/mol. The number of hydrogen-bond donors (Lipinski definition) is 1. The zero-order valence-electron chi connectivity index (χ0n) is 11.7. The molecule has 0 spiro atoms. The molecule has 0 saturated heterocycles. The van der Waals surface area contributed by atoms with Crippen LogP contribution < -0.4 is 0 Å². The molecular formula is C15H16N4S2. The summed E-state index contributed by atoms with van der Waals surface area (Å²) in [6.45, 7) is 2.19. The normalized spacial score (nSPS) is 12.4. The van der Waals surface area contributed by atoms with Crippen LogP contribution in [0.3, 0.4) is 0 Å². The predicted octanol–water partition coefficient (Wildman–Crippen LogP) is 4.45. The summed E-state index contributed by atoms with van der Waals surface area (Å²) in [5.41, 5.74) is 1.02. The molecule has 1 atom stereocenters. The molecule has 21 heavy (non-hydrogen) atoms. The van der Waals surface area contributed by atoms with E-state index >= 15 is 0 Å². The number of nitrogens with one attached hydrogen (secondary N) is 1. The van der Waals surface area contributed by atoms with Gasteiger partial charge in [0.05, 0.1) is 6.04 Å². The van der Waals surface area contributed by atoms with E-state index in [1.54, 1.807) is 23.7 Å². The van der Waals surface area contributed by atoms with E-state index in [-0.39, 0.29) is 6.04 Å². The van der Waals surface area contributed by atoms with Crippen LogP contribution in [0.5, 0.6) is 0 Å². The highest BCUT2D eigenvalue weighted by molar-refractivity contribution is 7.71. The Labute approximate surface area is 132 Å². The molecule has 1 N–H and O–H groups in total. The first kappa shape index (κ1) is 14.2. The molecule has 0 saturated carbocycles. The van der Waals surface area contributed by atoms with Crippen molar-refractivity contribution in [3.05, 3.63) is 51.7 Å². The van der Waals surface area contributed by atoms with Gasteiger partial charge in [-0.1, -0.05) is 19.4 Å². The summed E-state index contributed by atoms with van der Waals surface area (Å²) in [6, 6.07) is 8.39. The minimum absolute atomic E-state index is 0.226. The molecule has 0 fully saturated rings. The third-order valence-corrected chi connectivity index (χ3v) is 4.65. The first-order valence-electron chi connectivity index (χ1n) is 6.92. The summed E-state index contributed by atoms with van der Waals surface area (Å²) in [4.78, 5) is 5.38. The Hall–Kier alpha value is -1.79. The van der Waals surface area contributed by atoms with Crippen LogP contribution >= 0.6 is 23.6 Å². The summed E-state index contributed by atoms with van der Waals surface area (Å²) in [5.74, 6) is 0.870. The van der Waals surface area contributed by atoms with Crippen molar-refractivity contribution in [1.82, 2.24) is 19.7 Å². The molecule has 0 bridgehead atoms. The highest BCUT2D eigenvalue weighted by atomic mass is 32.1. The Balaban J connectivity index is 2.12. The Kier molecular flexibility index (Phi) is 4.26. The highest BCUT2D eigenvalue weighted by Gasteiger charge is 2.20. The summed E-state index contributed by atoms with van der Waals surface area (Å²) in [7, 11) is 0. The van der Waals surface area contributed by atoms with Gasteiger partial charge in [0.1, 0.15) is 0 Å². The lowest BCUT2D eigenvalue weighted by atomic mass is 10.1. The molecule has 0 aromatic carbocycles. The smallest absolute Gasteiger partial charge is 0.196 e. The van der Waals surface area contributed by atoms with Crippen LogP contribution in [0.1, 0.15) is 30.7 Å². The van der Waals surface area contributed by atoms with Crippen LogP contribution in [-0.4, -0.2) is 19.7 Å². The standard InChI is InChI=1S/C15H16N4S2/c1-2-4-12(13-5-3-10-21-13)19-14(17-18-15(19)20)11-6-8-16-9-7-11/h3,5-10,12H,2,4H2,1H3,(H,18,20). The SMILES string of the molecule is CCCC(c1cccs1)n1c(-c2ccncc2)n[nH]c1=S. The van der Waals surface area contributed by atoms with E-state index in [0.29, 0.717) is 4.77 Å². The highest BCUT2D eigenvalue weighted by Crippen LogP contribution is 2.31. The first-order valence-corrected chi connectivity index (χ1v) is 8.20. The molecule has 0 aliphatic carbocycles. The van der Waals surface area contributed by atoms with Gasteiger partial charge in [-0.2, -0.15) is 5.10 Å². The zero-order chi connectivity index (χ0) is 14.7. The zero-order valence-corrected chi connectivity index (χ0v) is 13.3. The number of aromatic amines is 1. The van der Waals surface area contributed by atoms with Gasteiger partial charge < -0.3 is 0 Å². The molecule has 1 unspecified atom stereocenters. The first-order chi connectivity index (χ1) is 10.3. The maximum absolute atomic E-state index is 5.47. The average Bonchev–Trinajstić information content (AvgIpc) is 3.16. The second-order valence-corrected chi connectivity index (χ2v) is 6.14. The lowest BCUT2D eigenvalue weighted by Gasteiger charge is -2.18. The van der Waals surface area contributed by atoms with E-state index < -0.39 is 0 Å². The van der Waals surface area contributed by atoms with Gasteiger partial charge in [0.15, 0.2) is 10.6 Å². The van der Waals surface area contributed by atoms with Crippen molar-refractivity contribution in [3.63, 3.8) is 0 Å². The van der Waals surface area contributed by atoms with Crippen molar-refractivity contribution in [2.75, 3.05) is 0 Å². The molecule has 3 aromatic rings. The molecule has 0 aliphatic heterocycles. The van der Waals surface area contributed by atoms with Gasteiger partial charge in [0.2, 0.25) is 0 Å². The molecule has 0 aliphatic rings. The largest absolute Gasteiger partial charge is 0.292 e. The molecule has 0 radical (unpaired) electrons. The molecule has 3 rings (SSSR count). The third-order valence-electron chi connectivity index (χ3n) is 3.39. The second-order valence-electron chi connectivity index (χ2n) is 4.78. The lowest BCUT2D eigenvalue weighted by Crippen LogP contribution is -2.11. The van der Waals surface area contributed by atoms with Gasteiger partial charge in [-0.15, -0.1) is 11.3 Å². The molecule has 108 valence electrons.